The van der Waals surface area contributed by atoms with E-state index in [2.05, 4.69) is 10.6 Å². The number of hydrogen-bond acceptors (Lipinski definition) is 3. The van der Waals surface area contributed by atoms with E-state index < -0.39 is 23.7 Å². The molecule has 1 aromatic carbocycles. The van der Waals surface area contributed by atoms with E-state index in [0.717, 1.165) is 19.3 Å². The molecule has 1 saturated carbocycles. The van der Waals surface area contributed by atoms with Gasteiger partial charge < -0.3 is 15.7 Å². The highest BCUT2D eigenvalue weighted by atomic mass is 35.5. The molecule has 0 spiro atoms. The van der Waals surface area contributed by atoms with Crippen LogP contribution in [0.4, 0.5) is 10.1 Å². The number of aliphatic hydroxyl groups excluding tert-OH is 1. The molecule has 0 saturated heterocycles. The van der Waals surface area contributed by atoms with Crippen molar-refractivity contribution in [3.05, 3.63) is 29.0 Å². The molecule has 2 atom stereocenters. The van der Waals surface area contributed by atoms with E-state index in [0.29, 0.717) is 6.42 Å². The Labute approximate surface area is 132 Å². The molecule has 1 aliphatic rings. The second-order valence-electron chi connectivity index (χ2n) is 5.38. The highest BCUT2D eigenvalue weighted by Gasteiger charge is 2.24. The van der Waals surface area contributed by atoms with Crippen molar-refractivity contribution in [2.24, 2.45) is 5.92 Å². The topological polar surface area (TPSA) is 78.4 Å². The lowest BCUT2D eigenvalue weighted by Gasteiger charge is -2.27. The fraction of sp³-hybridized carbons (Fsp3) is 0.467. The van der Waals surface area contributed by atoms with Crippen molar-refractivity contribution in [3.63, 3.8) is 0 Å². The standard InChI is InChI=1S/C15H18ClFN2O3/c16-10-5-3-6-11(13(10)17)19-15(22)14(21)18-8-9-4-1-2-7-12(9)20/h3,5-6,9,12,20H,1-2,4,7-8H2,(H,18,21)(H,19,22)/t9-,12-/m0/s1. The minimum atomic E-state index is -0.966. The van der Waals surface area contributed by atoms with Gasteiger partial charge in [0, 0.05) is 12.5 Å². The molecular weight excluding hydrogens is 311 g/mol. The number of carbonyl (C=O) groups is 2. The van der Waals surface area contributed by atoms with Crippen LogP contribution in [0.3, 0.4) is 0 Å². The van der Waals surface area contributed by atoms with Crippen LogP contribution >= 0.6 is 11.6 Å². The van der Waals surface area contributed by atoms with Gasteiger partial charge in [-0.25, -0.2) is 4.39 Å². The van der Waals surface area contributed by atoms with E-state index in [1.54, 1.807) is 0 Å². The van der Waals surface area contributed by atoms with Gasteiger partial charge in [0.2, 0.25) is 0 Å². The SMILES string of the molecule is O=C(NC[C@@H]1CCCC[C@@H]1O)C(=O)Nc1cccc(Cl)c1F. The van der Waals surface area contributed by atoms with Crippen LogP contribution in [-0.4, -0.2) is 29.6 Å². The molecule has 0 aromatic heterocycles. The number of rotatable bonds is 3. The Hall–Kier alpha value is -1.66. The normalized spacial score (nSPS) is 21.2. The molecule has 22 heavy (non-hydrogen) atoms. The molecule has 0 heterocycles. The summed E-state index contributed by atoms with van der Waals surface area (Å²) in [7, 11) is 0. The summed E-state index contributed by atoms with van der Waals surface area (Å²) in [5.41, 5.74) is -0.148. The summed E-state index contributed by atoms with van der Waals surface area (Å²) >= 11 is 5.60. The third-order valence-electron chi connectivity index (χ3n) is 3.80. The lowest BCUT2D eigenvalue weighted by atomic mass is 9.86. The van der Waals surface area contributed by atoms with Gasteiger partial charge in [-0.3, -0.25) is 9.59 Å². The maximum absolute atomic E-state index is 13.6. The van der Waals surface area contributed by atoms with Crippen molar-refractivity contribution in [1.29, 1.82) is 0 Å². The molecule has 5 nitrogen and oxygen atoms in total. The number of hydrogen-bond donors (Lipinski definition) is 3. The summed E-state index contributed by atoms with van der Waals surface area (Å²) in [6, 6.07) is 4.13. The van der Waals surface area contributed by atoms with E-state index >= 15 is 0 Å². The van der Waals surface area contributed by atoms with Gasteiger partial charge in [0.15, 0.2) is 5.82 Å². The van der Waals surface area contributed by atoms with Crippen molar-refractivity contribution in [3.8, 4) is 0 Å². The van der Waals surface area contributed by atoms with Crippen LogP contribution in [0.25, 0.3) is 0 Å². The van der Waals surface area contributed by atoms with Crippen LogP contribution < -0.4 is 10.6 Å². The zero-order valence-corrected chi connectivity index (χ0v) is 12.7. The minimum absolute atomic E-state index is 0.0478. The number of amides is 2. The second-order valence-corrected chi connectivity index (χ2v) is 5.78. The molecule has 120 valence electrons. The average molecular weight is 329 g/mol. The number of carbonyl (C=O) groups excluding carboxylic acids is 2. The monoisotopic (exact) mass is 328 g/mol. The van der Waals surface area contributed by atoms with Gasteiger partial charge in [0.05, 0.1) is 16.8 Å². The molecule has 3 N–H and O–H groups in total. The van der Waals surface area contributed by atoms with Crippen LogP contribution in [0.15, 0.2) is 18.2 Å². The first kappa shape index (κ1) is 16.7. The number of aliphatic hydroxyl groups is 1. The molecule has 0 unspecified atom stereocenters. The van der Waals surface area contributed by atoms with Crippen molar-refractivity contribution in [1.82, 2.24) is 5.32 Å². The second kappa shape index (κ2) is 7.56. The molecule has 0 aliphatic heterocycles. The first-order valence-electron chi connectivity index (χ1n) is 7.20. The van der Waals surface area contributed by atoms with Crippen LogP contribution in [0.2, 0.25) is 5.02 Å². The van der Waals surface area contributed by atoms with E-state index in [1.165, 1.54) is 18.2 Å². The number of halogens is 2. The third kappa shape index (κ3) is 4.18. The molecule has 2 amide bonds. The molecule has 1 aliphatic carbocycles. The van der Waals surface area contributed by atoms with Gasteiger partial charge in [-0.15, -0.1) is 0 Å². The van der Waals surface area contributed by atoms with Crippen LogP contribution in [-0.2, 0) is 9.59 Å². The Morgan fingerprint density at radius 2 is 2.00 bits per heavy atom. The van der Waals surface area contributed by atoms with Gasteiger partial charge in [-0.2, -0.15) is 0 Å². The van der Waals surface area contributed by atoms with Gasteiger partial charge in [-0.05, 0) is 25.0 Å². The van der Waals surface area contributed by atoms with E-state index in [1.807, 2.05) is 0 Å². The lowest BCUT2D eigenvalue weighted by Crippen LogP contribution is -2.41. The predicted molar refractivity (Wildman–Crippen MR) is 81.0 cm³/mol. The van der Waals surface area contributed by atoms with Crippen LogP contribution in [0.5, 0.6) is 0 Å². The maximum atomic E-state index is 13.6. The fourth-order valence-electron chi connectivity index (χ4n) is 2.51. The fourth-order valence-corrected chi connectivity index (χ4v) is 2.68. The maximum Gasteiger partial charge on any atom is 0.313 e. The van der Waals surface area contributed by atoms with Gasteiger partial charge in [-0.1, -0.05) is 30.5 Å². The van der Waals surface area contributed by atoms with Gasteiger partial charge in [0.25, 0.3) is 0 Å². The molecule has 1 fully saturated rings. The van der Waals surface area contributed by atoms with Crippen LogP contribution in [0, 0.1) is 11.7 Å². The van der Waals surface area contributed by atoms with E-state index in [4.69, 9.17) is 11.6 Å². The average Bonchev–Trinajstić information content (AvgIpc) is 2.50. The zero-order valence-electron chi connectivity index (χ0n) is 11.9. The first-order valence-corrected chi connectivity index (χ1v) is 7.58. The van der Waals surface area contributed by atoms with Gasteiger partial charge in [0.1, 0.15) is 0 Å². The van der Waals surface area contributed by atoms with Crippen molar-refractivity contribution >= 4 is 29.1 Å². The summed E-state index contributed by atoms with van der Waals surface area (Å²) in [4.78, 5) is 23.5. The number of nitrogens with one attached hydrogen (secondary N) is 2. The largest absolute Gasteiger partial charge is 0.393 e. The minimum Gasteiger partial charge on any atom is -0.393 e. The van der Waals surface area contributed by atoms with Gasteiger partial charge >= 0.3 is 11.8 Å². The molecule has 1 aromatic rings. The quantitative estimate of drug-likeness (QED) is 0.743. The summed E-state index contributed by atoms with van der Waals surface area (Å²) in [5, 5.41) is 14.3. The van der Waals surface area contributed by atoms with E-state index in [9.17, 15) is 19.1 Å². The Morgan fingerprint density at radius 3 is 2.73 bits per heavy atom. The predicted octanol–water partition coefficient (Wildman–Crippen LogP) is 2.08. The molecule has 2 rings (SSSR count). The van der Waals surface area contributed by atoms with Crippen molar-refractivity contribution < 1.29 is 19.1 Å². The lowest BCUT2D eigenvalue weighted by molar-refractivity contribution is -0.136. The first-order chi connectivity index (χ1) is 10.5. The Bertz CT molecular complexity index is 568. The Kier molecular flexibility index (Phi) is 5.74. The highest BCUT2D eigenvalue weighted by molar-refractivity contribution is 6.39. The van der Waals surface area contributed by atoms with Crippen molar-refractivity contribution in [2.45, 2.75) is 31.8 Å². The van der Waals surface area contributed by atoms with Crippen LogP contribution in [0.1, 0.15) is 25.7 Å². The zero-order chi connectivity index (χ0) is 16.1. The molecular formula is C15H18ClFN2O3. The summed E-state index contributed by atoms with van der Waals surface area (Å²) in [6.07, 6.45) is 3.03. The Balaban J connectivity index is 1.87. The summed E-state index contributed by atoms with van der Waals surface area (Å²) in [5.74, 6) is -2.66. The molecule has 0 bridgehead atoms. The van der Waals surface area contributed by atoms with E-state index in [-0.39, 0.29) is 23.2 Å². The summed E-state index contributed by atoms with van der Waals surface area (Å²) in [6.45, 7) is 0.228. The highest BCUT2D eigenvalue weighted by Crippen LogP contribution is 2.24. The smallest absolute Gasteiger partial charge is 0.313 e. The molecule has 7 heteroatoms. The summed E-state index contributed by atoms with van der Waals surface area (Å²) < 4.78 is 13.6. The molecule has 0 radical (unpaired) electrons. The van der Waals surface area contributed by atoms with Crippen molar-refractivity contribution in [2.75, 3.05) is 11.9 Å². The Morgan fingerprint density at radius 1 is 1.27 bits per heavy atom. The number of anilines is 1. The number of benzene rings is 1. The third-order valence-corrected chi connectivity index (χ3v) is 4.09.